The fraction of sp³-hybridized carbons (Fsp3) is 0.222. The predicted octanol–water partition coefficient (Wildman–Crippen LogP) is 3.10. The Morgan fingerprint density at radius 1 is 1.23 bits per heavy atom. The summed E-state index contributed by atoms with van der Waals surface area (Å²) < 4.78 is 6.79. The molecule has 1 aliphatic rings. The van der Waals surface area contributed by atoms with Gasteiger partial charge in [0.05, 0.1) is 17.2 Å². The van der Waals surface area contributed by atoms with Gasteiger partial charge in [-0.2, -0.15) is 9.99 Å². The molecule has 22 heavy (non-hydrogen) atoms. The third-order valence-corrected chi connectivity index (χ3v) is 3.61. The summed E-state index contributed by atoms with van der Waals surface area (Å²) in [4.78, 5) is 0. The van der Waals surface area contributed by atoms with Crippen LogP contribution in [0.5, 0.6) is 5.75 Å². The van der Waals surface area contributed by atoms with Gasteiger partial charge in [-0.05, 0) is 50.6 Å². The average molecular weight is 292 g/mol. The molecule has 3 rings (SSSR count). The zero-order valence-corrected chi connectivity index (χ0v) is 12.8. The van der Waals surface area contributed by atoms with E-state index in [1.54, 1.807) is 24.3 Å². The predicted molar refractivity (Wildman–Crippen MR) is 83.1 cm³/mol. The molecule has 0 saturated heterocycles. The minimum Gasteiger partial charge on any atom is -0.618 e. The van der Waals surface area contributed by atoms with Crippen molar-refractivity contribution in [3.63, 3.8) is 0 Å². The van der Waals surface area contributed by atoms with Crippen LogP contribution in [0.3, 0.4) is 0 Å². The fourth-order valence-corrected chi connectivity index (χ4v) is 2.64. The van der Waals surface area contributed by atoms with E-state index in [4.69, 9.17) is 10.00 Å². The van der Waals surface area contributed by atoms with Gasteiger partial charge in [-0.3, -0.25) is 0 Å². The molecule has 2 aromatic rings. The first-order valence-corrected chi connectivity index (χ1v) is 7.06. The second kappa shape index (κ2) is 4.88. The van der Waals surface area contributed by atoms with Crippen molar-refractivity contribution in [1.29, 1.82) is 5.26 Å². The number of pyridine rings is 1. The Balaban J connectivity index is 2.27. The molecule has 0 amide bonds. The van der Waals surface area contributed by atoms with Gasteiger partial charge in [0.1, 0.15) is 11.4 Å². The molecule has 1 aromatic carbocycles. The van der Waals surface area contributed by atoms with Gasteiger partial charge in [0.15, 0.2) is 6.20 Å². The highest BCUT2D eigenvalue weighted by Gasteiger charge is 2.30. The van der Waals surface area contributed by atoms with Crippen molar-refractivity contribution in [2.24, 2.45) is 0 Å². The Labute approximate surface area is 129 Å². The Bertz CT molecular complexity index is 829. The van der Waals surface area contributed by atoms with Crippen LogP contribution in [-0.2, 0) is 0 Å². The van der Waals surface area contributed by atoms with Crippen LogP contribution in [0.1, 0.15) is 36.2 Å². The van der Waals surface area contributed by atoms with E-state index in [1.165, 1.54) is 6.20 Å². The number of aromatic nitrogens is 1. The number of rotatable bonds is 1. The molecule has 0 N–H and O–H groups in total. The molecule has 0 spiro atoms. The molecule has 1 aliphatic heterocycles. The standard InChI is InChI=1S/C18H16N2O2/c1-12-6-7-20(21)16(8-12)15-10-18(2,3)22-17-5-4-13(11-19)9-14(15)17/h4-10H,1-3H3. The van der Waals surface area contributed by atoms with E-state index in [0.29, 0.717) is 17.0 Å². The summed E-state index contributed by atoms with van der Waals surface area (Å²) in [5, 5.41) is 21.3. The van der Waals surface area contributed by atoms with Crippen molar-refractivity contribution in [3.8, 4) is 11.8 Å². The number of aryl methyl sites for hydroxylation is 1. The van der Waals surface area contributed by atoms with E-state index in [9.17, 15) is 5.21 Å². The summed E-state index contributed by atoms with van der Waals surface area (Å²) in [5.41, 5.74) is 3.15. The molecule has 2 heterocycles. The molecule has 110 valence electrons. The van der Waals surface area contributed by atoms with Gasteiger partial charge in [-0.15, -0.1) is 0 Å². The highest BCUT2D eigenvalue weighted by molar-refractivity contribution is 5.83. The zero-order valence-electron chi connectivity index (χ0n) is 12.8. The summed E-state index contributed by atoms with van der Waals surface area (Å²) >= 11 is 0. The third kappa shape index (κ3) is 2.42. The Morgan fingerprint density at radius 2 is 2.00 bits per heavy atom. The first-order valence-electron chi connectivity index (χ1n) is 7.06. The van der Waals surface area contributed by atoms with E-state index in [1.807, 2.05) is 32.9 Å². The number of ether oxygens (including phenoxy) is 1. The van der Waals surface area contributed by atoms with Crippen LogP contribution < -0.4 is 9.47 Å². The molecule has 0 unspecified atom stereocenters. The quantitative estimate of drug-likeness (QED) is 0.599. The van der Waals surface area contributed by atoms with E-state index < -0.39 is 5.60 Å². The van der Waals surface area contributed by atoms with E-state index in [2.05, 4.69) is 6.07 Å². The molecule has 0 bridgehead atoms. The minimum absolute atomic E-state index is 0.521. The van der Waals surface area contributed by atoms with Crippen molar-refractivity contribution < 1.29 is 9.47 Å². The lowest BCUT2D eigenvalue weighted by atomic mass is 9.91. The fourth-order valence-electron chi connectivity index (χ4n) is 2.64. The number of hydrogen-bond acceptors (Lipinski definition) is 3. The van der Waals surface area contributed by atoms with Crippen molar-refractivity contribution >= 4 is 5.57 Å². The van der Waals surface area contributed by atoms with Crippen LogP contribution in [0.25, 0.3) is 5.57 Å². The molecular weight excluding hydrogens is 276 g/mol. The van der Waals surface area contributed by atoms with Crippen molar-refractivity contribution in [2.75, 3.05) is 0 Å². The maximum atomic E-state index is 12.2. The first kappa shape index (κ1) is 14.2. The summed E-state index contributed by atoms with van der Waals surface area (Å²) in [5.74, 6) is 0.683. The van der Waals surface area contributed by atoms with Gasteiger partial charge in [-0.25, -0.2) is 0 Å². The lowest BCUT2D eigenvalue weighted by Gasteiger charge is -2.30. The van der Waals surface area contributed by atoms with Gasteiger partial charge >= 0.3 is 0 Å². The van der Waals surface area contributed by atoms with E-state index in [0.717, 1.165) is 21.4 Å². The normalized spacial score (nSPS) is 15.3. The molecule has 4 heteroatoms. The van der Waals surface area contributed by atoms with Crippen LogP contribution in [0, 0.1) is 23.5 Å². The van der Waals surface area contributed by atoms with Crippen LogP contribution in [-0.4, -0.2) is 5.60 Å². The topological polar surface area (TPSA) is 60.0 Å². The van der Waals surface area contributed by atoms with E-state index in [-0.39, 0.29) is 0 Å². The summed E-state index contributed by atoms with van der Waals surface area (Å²) in [6.07, 6.45) is 3.43. The van der Waals surface area contributed by atoms with Crippen molar-refractivity contribution in [1.82, 2.24) is 0 Å². The number of fused-ring (bicyclic) bond motifs is 1. The van der Waals surface area contributed by atoms with Gasteiger partial charge in [0, 0.05) is 17.7 Å². The van der Waals surface area contributed by atoms with Gasteiger partial charge in [0.2, 0.25) is 5.69 Å². The summed E-state index contributed by atoms with van der Waals surface area (Å²) in [6, 6.07) is 11.0. The first-order chi connectivity index (χ1) is 10.4. The Kier molecular flexibility index (Phi) is 3.14. The molecule has 1 aromatic heterocycles. The Hall–Kier alpha value is -2.80. The highest BCUT2D eigenvalue weighted by Crippen LogP contribution is 2.39. The molecule has 0 saturated carbocycles. The third-order valence-electron chi connectivity index (χ3n) is 3.61. The zero-order chi connectivity index (χ0) is 15.9. The molecule has 4 nitrogen and oxygen atoms in total. The number of hydrogen-bond donors (Lipinski definition) is 0. The number of benzene rings is 1. The number of nitrogens with zero attached hydrogens (tertiary/aromatic N) is 2. The smallest absolute Gasteiger partial charge is 0.224 e. The molecular formula is C18H16N2O2. The van der Waals surface area contributed by atoms with Crippen molar-refractivity contribution in [3.05, 3.63) is 70.2 Å². The largest absolute Gasteiger partial charge is 0.618 e. The second-order valence-electron chi connectivity index (χ2n) is 6.00. The molecule has 0 radical (unpaired) electrons. The van der Waals surface area contributed by atoms with Crippen LogP contribution in [0.4, 0.5) is 0 Å². The lowest BCUT2D eigenvalue weighted by Crippen LogP contribution is -2.35. The summed E-state index contributed by atoms with van der Waals surface area (Å²) in [7, 11) is 0. The maximum Gasteiger partial charge on any atom is 0.224 e. The van der Waals surface area contributed by atoms with Crippen LogP contribution in [0.15, 0.2) is 42.6 Å². The molecule has 0 aliphatic carbocycles. The van der Waals surface area contributed by atoms with Crippen molar-refractivity contribution in [2.45, 2.75) is 26.4 Å². The van der Waals surface area contributed by atoms with Crippen LogP contribution >= 0.6 is 0 Å². The second-order valence-corrected chi connectivity index (χ2v) is 6.00. The maximum absolute atomic E-state index is 12.2. The minimum atomic E-state index is -0.521. The SMILES string of the molecule is Cc1cc[n+]([O-])c(C2=CC(C)(C)Oc3ccc(C#N)cc32)c1. The lowest BCUT2D eigenvalue weighted by molar-refractivity contribution is -0.608. The summed E-state index contributed by atoms with van der Waals surface area (Å²) in [6.45, 7) is 5.83. The van der Waals surface area contributed by atoms with E-state index >= 15 is 0 Å². The average Bonchev–Trinajstić information content (AvgIpc) is 2.47. The number of nitriles is 1. The van der Waals surface area contributed by atoms with Gasteiger partial charge < -0.3 is 9.94 Å². The molecule has 0 atom stereocenters. The van der Waals surface area contributed by atoms with Crippen LogP contribution in [0.2, 0.25) is 0 Å². The Morgan fingerprint density at radius 3 is 2.73 bits per heavy atom. The monoisotopic (exact) mass is 292 g/mol. The highest BCUT2D eigenvalue weighted by atomic mass is 16.5. The van der Waals surface area contributed by atoms with Gasteiger partial charge in [-0.1, -0.05) is 0 Å². The van der Waals surface area contributed by atoms with Gasteiger partial charge in [0.25, 0.3) is 0 Å². The molecule has 0 fully saturated rings.